The highest BCUT2D eigenvalue weighted by Crippen LogP contribution is 2.11. The molecule has 2 aromatic rings. The topological polar surface area (TPSA) is 61.6 Å². The number of hydrogen-bond donors (Lipinski definition) is 1. The molecule has 134 valence electrons. The van der Waals surface area contributed by atoms with Crippen LogP contribution in [0.1, 0.15) is 18.9 Å². The van der Waals surface area contributed by atoms with Gasteiger partial charge in [-0.05, 0) is 31.0 Å². The van der Waals surface area contributed by atoms with Crippen molar-refractivity contribution in [3.05, 3.63) is 48.3 Å². The van der Waals surface area contributed by atoms with Crippen LogP contribution in [0.2, 0.25) is 0 Å². The molecule has 0 aliphatic carbocycles. The van der Waals surface area contributed by atoms with Gasteiger partial charge in [0.05, 0.1) is 18.0 Å². The third kappa shape index (κ3) is 4.90. The Hall–Kier alpha value is -2.18. The Morgan fingerprint density at radius 1 is 1.20 bits per heavy atom. The van der Waals surface area contributed by atoms with Crippen LogP contribution in [0, 0.1) is 0 Å². The molecule has 1 atom stereocenters. The van der Waals surface area contributed by atoms with E-state index in [1.165, 1.54) is 0 Å². The Bertz CT molecular complexity index is 676. The van der Waals surface area contributed by atoms with Crippen LogP contribution in [0.4, 0.5) is 0 Å². The first-order valence-corrected chi connectivity index (χ1v) is 8.89. The van der Waals surface area contributed by atoms with Gasteiger partial charge in [-0.25, -0.2) is 4.68 Å². The summed E-state index contributed by atoms with van der Waals surface area (Å²) >= 11 is 0. The SMILES string of the molecule is C[C@@H](O)CN1CCN(C(=O)CCc2cnn(-c3ccccc3)c2)CC1. The van der Waals surface area contributed by atoms with E-state index in [1.807, 2.05) is 52.3 Å². The van der Waals surface area contributed by atoms with Gasteiger partial charge in [0.2, 0.25) is 5.91 Å². The number of nitrogens with zero attached hydrogens (tertiary/aromatic N) is 4. The molecular formula is C19H26N4O2. The molecule has 0 unspecified atom stereocenters. The average molecular weight is 342 g/mol. The van der Waals surface area contributed by atoms with Gasteiger partial charge in [-0.1, -0.05) is 18.2 Å². The third-order valence-corrected chi connectivity index (χ3v) is 4.53. The third-order valence-electron chi connectivity index (χ3n) is 4.53. The number of aryl methyl sites for hydroxylation is 1. The van der Waals surface area contributed by atoms with E-state index in [9.17, 15) is 9.90 Å². The molecule has 1 fully saturated rings. The van der Waals surface area contributed by atoms with Gasteiger partial charge in [-0.2, -0.15) is 5.10 Å². The minimum Gasteiger partial charge on any atom is -0.392 e. The molecule has 1 saturated heterocycles. The lowest BCUT2D eigenvalue weighted by Crippen LogP contribution is -2.50. The summed E-state index contributed by atoms with van der Waals surface area (Å²) in [5, 5.41) is 13.8. The van der Waals surface area contributed by atoms with E-state index in [0.29, 0.717) is 19.4 Å². The zero-order chi connectivity index (χ0) is 17.6. The normalized spacial score (nSPS) is 16.8. The molecule has 25 heavy (non-hydrogen) atoms. The monoisotopic (exact) mass is 342 g/mol. The van der Waals surface area contributed by atoms with Crippen molar-refractivity contribution in [1.29, 1.82) is 0 Å². The average Bonchev–Trinajstić information content (AvgIpc) is 3.10. The van der Waals surface area contributed by atoms with Gasteiger partial charge in [0, 0.05) is 45.3 Å². The van der Waals surface area contributed by atoms with Crippen LogP contribution in [-0.2, 0) is 11.2 Å². The van der Waals surface area contributed by atoms with Crippen molar-refractivity contribution in [3.8, 4) is 5.69 Å². The smallest absolute Gasteiger partial charge is 0.222 e. The number of amides is 1. The van der Waals surface area contributed by atoms with Crippen molar-refractivity contribution in [2.75, 3.05) is 32.7 Å². The van der Waals surface area contributed by atoms with E-state index < -0.39 is 0 Å². The van der Waals surface area contributed by atoms with Crippen LogP contribution in [0.5, 0.6) is 0 Å². The Morgan fingerprint density at radius 2 is 1.92 bits per heavy atom. The van der Waals surface area contributed by atoms with Crippen molar-refractivity contribution in [1.82, 2.24) is 19.6 Å². The number of aromatic nitrogens is 2. The van der Waals surface area contributed by atoms with Crippen LogP contribution in [-0.4, -0.2) is 69.4 Å². The maximum Gasteiger partial charge on any atom is 0.222 e. The molecule has 1 amide bonds. The zero-order valence-corrected chi connectivity index (χ0v) is 14.7. The predicted octanol–water partition coefficient (Wildman–Crippen LogP) is 1.33. The Balaban J connectivity index is 1.46. The fourth-order valence-corrected chi connectivity index (χ4v) is 3.17. The zero-order valence-electron chi connectivity index (χ0n) is 14.7. The molecule has 0 bridgehead atoms. The van der Waals surface area contributed by atoms with E-state index in [2.05, 4.69) is 10.00 Å². The maximum absolute atomic E-state index is 12.4. The number of aliphatic hydroxyl groups excluding tert-OH is 1. The molecular weight excluding hydrogens is 316 g/mol. The number of rotatable bonds is 6. The lowest BCUT2D eigenvalue weighted by molar-refractivity contribution is -0.133. The molecule has 2 heterocycles. The quantitative estimate of drug-likeness (QED) is 0.860. The molecule has 1 aliphatic rings. The summed E-state index contributed by atoms with van der Waals surface area (Å²) in [5.41, 5.74) is 2.10. The molecule has 0 spiro atoms. The summed E-state index contributed by atoms with van der Waals surface area (Å²) in [6, 6.07) is 9.96. The highest BCUT2D eigenvalue weighted by atomic mass is 16.3. The van der Waals surface area contributed by atoms with Crippen LogP contribution >= 0.6 is 0 Å². The molecule has 6 heteroatoms. The predicted molar refractivity (Wildman–Crippen MR) is 96.6 cm³/mol. The minimum absolute atomic E-state index is 0.198. The highest BCUT2D eigenvalue weighted by Gasteiger charge is 2.21. The second-order valence-corrected chi connectivity index (χ2v) is 6.66. The van der Waals surface area contributed by atoms with E-state index >= 15 is 0 Å². The van der Waals surface area contributed by atoms with E-state index in [1.54, 1.807) is 6.92 Å². The molecule has 0 saturated carbocycles. The first kappa shape index (κ1) is 17.6. The molecule has 1 aromatic carbocycles. The summed E-state index contributed by atoms with van der Waals surface area (Å²) in [6.45, 7) is 5.64. The number of carbonyl (C=O) groups excluding carboxylic acids is 1. The standard InChI is InChI=1S/C19H26N4O2/c1-16(24)14-21-9-11-22(12-10-21)19(25)8-7-17-13-20-23(15-17)18-5-3-2-4-6-18/h2-6,13,15-16,24H,7-12,14H2,1H3/t16-/m1/s1. The van der Waals surface area contributed by atoms with Crippen molar-refractivity contribution < 1.29 is 9.90 Å². The number of carbonyl (C=O) groups is 1. The van der Waals surface area contributed by atoms with Crippen LogP contribution < -0.4 is 0 Å². The van der Waals surface area contributed by atoms with E-state index in [-0.39, 0.29) is 12.0 Å². The van der Waals surface area contributed by atoms with Crippen molar-refractivity contribution in [3.63, 3.8) is 0 Å². The molecule has 6 nitrogen and oxygen atoms in total. The summed E-state index contributed by atoms with van der Waals surface area (Å²) < 4.78 is 1.84. The molecule has 3 rings (SSSR count). The Labute approximate surface area is 148 Å². The fourth-order valence-electron chi connectivity index (χ4n) is 3.17. The van der Waals surface area contributed by atoms with E-state index in [4.69, 9.17) is 0 Å². The van der Waals surface area contributed by atoms with Gasteiger partial charge in [-0.15, -0.1) is 0 Å². The number of para-hydroxylation sites is 1. The van der Waals surface area contributed by atoms with Crippen LogP contribution in [0.3, 0.4) is 0 Å². The molecule has 1 aromatic heterocycles. The van der Waals surface area contributed by atoms with Crippen LogP contribution in [0.15, 0.2) is 42.7 Å². The highest BCUT2D eigenvalue weighted by molar-refractivity contribution is 5.76. The lowest BCUT2D eigenvalue weighted by atomic mass is 10.1. The van der Waals surface area contributed by atoms with Crippen molar-refractivity contribution in [2.24, 2.45) is 0 Å². The largest absolute Gasteiger partial charge is 0.392 e. The molecule has 0 radical (unpaired) electrons. The van der Waals surface area contributed by atoms with E-state index in [0.717, 1.165) is 37.4 Å². The second kappa shape index (κ2) is 8.27. The Morgan fingerprint density at radius 3 is 2.60 bits per heavy atom. The number of β-amino-alcohol motifs (C(OH)–C–C–N with tert-alkyl or cyclic N) is 1. The van der Waals surface area contributed by atoms with Crippen molar-refractivity contribution in [2.45, 2.75) is 25.9 Å². The van der Waals surface area contributed by atoms with Gasteiger partial charge in [0.25, 0.3) is 0 Å². The summed E-state index contributed by atoms with van der Waals surface area (Å²) in [4.78, 5) is 16.5. The fraction of sp³-hybridized carbons (Fsp3) is 0.474. The second-order valence-electron chi connectivity index (χ2n) is 6.66. The summed E-state index contributed by atoms with van der Waals surface area (Å²) in [7, 11) is 0. The maximum atomic E-state index is 12.4. The summed E-state index contributed by atoms with van der Waals surface area (Å²) in [6.07, 6.45) is 4.73. The summed E-state index contributed by atoms with van der Waals surface area (Å²) in [5.74, 6) is 0.198. The van der Waals surface area contributed by atoms with Gasteiger partial charge in [0.1, 0.15) is 0 Å². The van der Waals surface area contributed by atoms with Gasteiger partial charge >= 0.3 is 0 Å². The number of aliphatic hydroxyl groups is 1. The number of benzene rings is 1. The van der Waals surface area contributed by atoms with Gasteiger partial charge < -0.3 is 10.0 Å². The van der Waals surface area contributed by atoms with Crippen molar-refractivity contribution >= 4 is 5.91 Å². The Kier molecular flexibility index (Phi) is 5.83. The minimum atomic E-state index is -0.316. The number of piperazine rings is 1. The van der Waals surface area contributed by atoms with Gasteiger partial charge in [-0.3, -0.25) is 9.69 Å². The number of hydrogen-bond acceptors (Lipinski definition) is 4. The van der Waals surface area contributed by atoms with Gasteiger partial charge in [0.15, 0.2) is 0 Å². The first-order chi connectivity index (χ1) is 12.1. The first-order valence-electron chi connectivity index (χ1n) is 8.89. The molecule has 1 N–H and O–H groups in total. The molecule has 1 aliphatic heterocycles. The van der Waals surface area contributed by atoms with Crippen LogP contribution in [0.25, 0.3) is 5.69 Å². The lowest BCUT2D eigenvalue weighted by Gasteiger charge is -2.35.